The number of carbonyl (C=O) groups excluding carboxylic acids is 3. The molecule has 4 aliphatic rings. The number of pyridine rings is 1. The van der Waals surface area contributed by atoms with E-state index in [1.165, 1.54) is 20.3 Å². The predicted octanol–water partition coefficient (Wildman–Crippen LogP) is 19.5. The third-order valence-electron chi connectivity index (χ3n) is 16.0. The fraction of sp³-hybridized carbons (Fsp3) is 0.348. The van der Waals surface area contributed by atoms with E-state index >= 15 is 0 Å². The molecule has 490 valence electrons. The molecule has 4 aliphatic carbocycles. The molecule has 0 unspecified atom stereocenters. The Hall–Kier alpha value is -6.13. The van der Waals surface area contributed by atoms with Crippen molar-refractivity contribution in [2.24, 2.45) is 0 Å². The Morgan fingerprint density at radius 3 is 1.50 bits per heavy atom. The number of halogens is 11. The largest absolute Gasteiger partial charge is 0.508 e. The summed E-state index contributed by atoms with van der Waals surface area (Å²) in [5.74, 6) is 2.15. The first-order valence-corrected chi connectivity index (χ1v) is 32.5. The molecule has 11 rings (SSSR count). The fourth-order valence-electron chi connectivity index (χ4n) is 10.1. The Kier molecular flexibility index (Phi) is 27.5. The molecule has 0 aliphatic heterocycles. The molecule has 23 heteroatoms. The molecule has 12 nitrogen and oxygen atoms in total. The number of hydrogen-bond acceptors (Lipinski definition) is 12. The lowest BCUT2D eigenvalue weighted by atomic mass is 9.89. The number of methoxy groups -OCH3 is 4. The van der Waals surface area contributed by atoms with Crippen LogP contribution in [0.15, 0.2) is 138 Å². The van der Waals surface area contributed by atoms with Crippen LogP contribution < -0.4 is 18.9 Å². The second-order valence-electron chi connectivity index (χ2n) is 22.1. The quantitative estimate of drug-likeness (QED) is 0.0464. The van der Waals surface area contributed by atoms with E-state index in [1.54, 1.807) is 75.9 Å². The first kappa shape index (κ1) is 74.9. The van der Waals surface area contributed by atoms with E-state index in [9.17, 15) is 51.1 Å². The molecule has 1 heterocycles. The van der Waals surface area contributed by atoms with Crippen molar-refractivity contribution in [1.82, 2.24) is 4.98 Å². The van der Waals surface area contributed by atoms with Crippen molar-refractivity contribution in [2.75, 3.05) is 42.0 Å². The summed E-state index contributed by atoms with van der Waals surface area (Å²) in [4.78, 5) is 36.8. The van der Waals surface area contributed by atoms with Gasteiger partial charge in [0, 0.05) is 76.2 Å². The average molecular weight is 1600 g/mol. The first-order chi connectivity index (χ1) is 43.8. The van der Waals surface area contributed by atoms with Gasteiger partial charge >= 0.3 is 0 Å². The Bertz CT molecular complexity index is 3740. The Morgan fingerprint density at radius 2 is 1.01 bits per heavy atom. The molecule has 0 saturated heterocycles. The van der Waals surface area contributed by atoms with E-state index < -0.39 is 35.5 Å². The molecule has 1 aromatic heterocycles. The number of aromatic hydroxyl groups is 1. The second kappa shape index (κ2) is 33.8. The van der Waals surface area contributed by atoms with E-state index in [1.807, 2.05) is 68.4 Å². The maximum atomic E-state index is 13.6. The van der Waals surface area contributed by atoms with Gasteiger partial charge in [0.1, 0.15) is 35.6 Å². The van der Waals surface area contributed by atoms with E-state index in [-0.39, 0.29) is 29.3 Å². The highest BCUT2D eigenvalue weighted by atomic mass is 79.9. The summed E-state index contributed by atoms with van der Waals surface area (Å²) in [6.07, 6.45) is 0.951. The molecule has 0 radical (unpaired) electrons. The zero-order valence-corrected chi connectivity index (χ0v) is 59.1. The van der Waals surface area contributed by atoms with Crippen LogP contribution in [0, 0.1) is 32.1 Å². The van der Waals surface area contributed by atoms with Gasteiger partial charge in [0.25, 0.3) is 0 Å². The molecule has 0 amide bonds. The number of carbonyl (C=O) groups is 3. The number of aryl methyl sites for hydroxylation is 2. The number of phenolic OH excluding ortho intramolecular Hbond substituents is 1. The number of rotatable bonds is 19. The number of hydrogen-bond donors (Lipinski definition) is 1. The fourth-order valence-corrected chi connectivity index (χ4v) is 12.1. The number of benzene rings is 6. The van der Waals surface area contributed by atoms with Crippen LogP contribution in [-0.2, 0) is 31.1 Å². The van der Waals surface area contributed by atoms with Crippen LogP contribution in [0.5, 0.6) is 28.9 Å². The highest BCUT2D eigenvalue weighted by molar-refractivity contribution is 9.11. The summed E-state index contributed by atoms with van der Waals surface area (Å²) >= 11 is 16.5. The summed E-state index contributed by atoms with van der Waals surface area (Å²) in [7, 11) is 6.06. The zero-order chi connectivity index (χ0) is 67.7. The van der Waals surface area contributed by atoms with Crippen molar-refractivity contribution in [2.45, 2.75) is 113 Å². The number of aldehydes is 3. The average Bonchev–Trinajstić information content (AvgIpc) is 1.60. The summed E-state index contributed by atoms with van der Waals surface area (Å²) in [5.41, 5.74) is 4.11. The van der Waals surface area contributed by atoms with Gasteiger partial charge in [0.05, 0.1) is 47.5 Å². The third-order valence-corrected chi connectivity index (χ3v) is 18.5. The van der Waals surface area contributed by atoms with Gasteiger partial charge in [0.15, 0.2) is 19.9 Å². The van der Waals surface area contributed by atoms with Gasteiger partial charge in [-0.3, -0.25) is 14.4 Å². The van der Waals surface area contributed by atoms with Crippen molar-refractivity contribution in [3.8, 4) is 46.1 Å². The first-order valence-electron chi connectivity index (χ1n) is 28.5. The van der Waals surface area contributed by atoms with Crippen LogP contribution in [0.3, 0.4) is 0 Å². The topological polar surface area (TPSA) is 164 Å². The third kappa shape index (κ3) is 18.6. The van der Waals surface area contributed by atoms with Gasteiger partial charge in [-0.25, -0.2) is 31.3 Å². The highest BCUT2D eigenvalue weighted by Gasteiger charge is 2.56. The Labute approximate surface area is 573 Å². The molecule has 0 bridgehead atoms. The van der Waals surface area contributed by atoms with Gasteiger partial charge in [-0.15, -0.1) is 0 Å². The van der Waals surface area contributed by atoms with Gasteiger partial charge in [-0.05, 0) is 203 Å². The van der Waals surface area contributed by atoms with Crippen LogP contribution in [0.1, 0.15) is 121 Å². The van der Waals surface area contributed by atoms with Gasteiger partial charge in [0.2, 0.25) is 25.2 Å². The minimum absolute atomic E-state index is 0.0361. The lowest BCUT2D eigenvalue weighted by Crippen LogP contribution is -2.19. The van der Waals surface area contributed by atoms with E-state index in [0.29, 0.717) is 107 Å². The molecule has 4 saturated carbocycles. The molecule has 92 heavy (non-hydrogen) atoms. The van der Waals surface area contributed by atoms with Gasteiger partial charge in [-0.1, -0.05) is 85.7 Å². The van der Waals surface area contributed by atoms with Crippen molar-refractivity contribution in [3.63, 3.8) is 0 Å². The maximum Gasteiger partial charge on any atom is 0.248 e. The van der Waals surface area contributed by atoms with E-state index in [4.69, 9.17) is 28.4 Å². The normalized spacial score (nSPS) is 15.0. The smallest absolute Gasteiger partial charge is 0.248 e. The summed E-state index contributed by atoms with van der Waals surface area (Å²) < 4.78 is 114. The van der Waals surface area contributed by atoms with E-state index in [0.717, 1.165) is 70.8 Å². The number of aromatic nitrogens is 1. The lowest BCUT2D eigenvalue weighted by Gasteiger charge is -2.21. The maximum absolute atomic E-state index is 13.6. The lowest BCUT2D eigenvalue weighted by molar-refractivity contribution is 0.0501. The zero-order valence-electron chi connectivity index (χ0n) is 51.2. The van der Waals surface area contributed by atoms with Crippen LogP contribution in [0.2, 0.25) is 0 Å². The van der Waals surface area contributed by atoms with Gasteiger partial charge < -0.3 is 33.5 Å². The number of alkyl halides is 6. The predicted molar refractivity (Wildman–Crippen MR) is 358 cm³/mol. The minimum Gasteiger partial charge on any atom is -0.508 e. The molecule has 0 spiro atoms. The van der Waals surface area contributed by atoms with Crippen LogP contribution in [-0.4, -0.2) is 90.3 Å². The van der Waals surface area contributed by atoms with Crippen molar-refractivity contribution in [1.29, 1.82) is 5.26 Å². The molecule has 7 aromatic rings. The monoisotopic (exact) mass is 1590 g/mol. The standard InChI is InChI=1S/C18H17F2NO3.C12H11BrF2O.C12H12BrNO2.C10H9BrF2O.C9H11BrO2.C8H7BrO/c1-23-15-12(10-22)8-11(13-4-3-7-21-16(13)24-2)9-14(15)18(5-6-18)17(19)20;1-7-8(6-16)4-9(13)5-10(7)12(2-3-12)11(14)15;1-15-8-16-11-3-2-9(13)6-10(11)12(7-14)4-5-12;11-6-1-2-8(14)7(5-6)10(3-4-10)9(12)13;1-7-5-8(10)3-4-9(7)12-6-11-2;1-6-2-3-8(9)4-7(6)5-10/h3-4,7-10,17H,5-6H2,1-2H3;4-6,11H,2-3H2,1H3;2-3,6H,4-5,8H2,1H3;1-2,5,9,14H,3-4H2;3-5H,6H2,1-2H3;2-5H,1H3. The summed E-state index contributed by atoms with van der Waals surface area (Å²) in [6, 6.07) is 34.4. The highest BCUT2D eigenvalue weighted by Crippen LogP contribution is 2.58. The Morgan fingerprint density at radius 1 is 0.533 bits per heavy atom. The molecule has 4 fully saturated rings. The van der Waals surface area contributed by atoms with Crippen molar-refractivity contribution >= 4 is 98.5 Å². The summed E-state index contributed by atoms with van der Waals surface area (Å²) in [5, 5.41) is 18.7. The van der Waals surface area contributed by atoms with Crippen LogP contribution in [0.25, 0.3) is 11.1 Å². The SMILES string of the molecule is COCOc1ccc(Br)cc1C.COCOc1ccc(Br)cc1C1(C#N)CC1.COc1ncccc1-c1cc(C=O)c(OC)c(C2(C(F)F)CC2)c1.Cc1c(C=O)cc(Br)cc1C1(C(F)F)CC1.Cc1ccc(Br)cc1C=O.Oc1ccc(Br)cc1C1(C(F)F)CC1. The van der Waals surface area contributed by atoms with Gasteiger partial charge in [-0.2, -0.15) is 5.26 Å². The van der Waals surface area contributed by atoms with Crippen LogP contribution in [0.4, 0.5) is 26.3 Å². The number of phenols is 1. The number of ether oxygens (including phenoxy) is 6. The van der Waals surface area contributed by atoms with Crippen LogP contribution >= 0.6 is 79.6 Å². The molecular formula is C69H67Br5F6N2O10. The molecule has 1 N–H and O–H groups in total. The number of nitrogens with zero attached hydrogens (tertiary/aromatic N) is 2. The minimum atomic E-state index is -2.52. The Balaban J connectivity index is 0.000000179. The molecule has 6 aromatic carbocycles. The number of nitriles is 1. The van der Waals surface area contributed by atoms with Crippen molar-refractivity contribution in [3.05, 3.63) is 193 Å². The van der Waals surface area contributed by atoms with E-state index in [2.05, 4.69) is 90.7 Å². The molecule has 0 atom stereocenters. The summed E-state index contributed by atoms with van der Waals surface area (Å²) in [6.45, 7) is 6.14. The molecular weight excluding hydrogens is 1530 g/mol. The van der Waals surface area contributed by atoms with Crippen molar-refractivity contribution < 1.29 is 74.3 Å². The second-order valence-corrected chi connectivity index (χ2v) is 26.7.